The number of benzene rings is 1. The van der Waals surface area contributed by atoms with Gasteiger partial charge >= 0.3 is 12.0 Å². The lowest BCUT2D eigenvalue weighted by Crippen LogP contribution is -2.44. The van der Waals surface area contributed by atoms with Gasteiger partial charge in [-0.3, -0.25) is 10.1 Å². The largest absolute Gasteiger partial charge is 0.453 e. The van der Waals surface area contributed by atoms with Gasteiger partial charge in [0.05, 0.1) is 0 Å². The molecule has 0 aromatic heterocycles. The van der Waals surface area contributed by atoms with Gasteiger partial charge in [0.25, 0.3) is 5.91 Å². The fourth-order valence-corrected chi connectivity index (χ4v) is 1.45. The fraction of sp³-hybridized carbons (Fsp3) is 0.357. The van der Waals surface area contributed by atoms with Crippen LogP contribution < -0.4 is 10.6 Å². The minimum atomic E-state index is -1.47. The molecule has 1 rings (SSSR count). The Kier molecular flexibility index (Phi) is 6.35. The van der Waals surface area contributed by atoms with E-state index in [4.69, 9.17) is 0 Å². The summed E-state index contributed by atoms with van der Waals surface area (Å²) in [6, 6.07) is 7.38. The Morgan fingerprint density at radius 3 is 2.38 bits per heavy atom. The zero-order valence-corrected chi connectivity index (χ0v) is 11.8. The van der Waals surface area contributed by atoms with Gasteiger partial charge in [-0.25, -0.2) is 9.59 Å². The number of hydrogen-bond donors (Lipinski definition) is 3. The monoisotopic (exact) mass is 294 g/mol. The lowest BCUT2D eigenvalue weighted by molar-refractivity contribution is -0.157. The molecule has 1 aromatic rings. The SMILES string of the molecule is CC(C)NC(=O)NC(=O)COC(=O)[C@@H](O)c1ccccc1. The van der Waals surface area contributed by atoms with Crippen molar-refractivity contribution in [1.82, 2.24) is 10.6 Å². The molecule has 21 heavy (non-hydrogen) atoms. The van der Waals surface area contributed by atoms with Gasteiger partial charge in [-0.15, -0.1) is 0 Å². The second-order valence-corrected chi connectivity index (χ2v) is 4.60. The van der Waals surface area contributed by atoms with E-state index < -0.39 is 30.6 Å². The number of ether oxygens (including phenoxy) is 1. The van der Waals surface area contributed by atoms with Crippen LogP contribution in [0.4, 0.5) is 4.79 Å². The van der Waals surface area contributed by atoms with Crippen LogP contribution in [0, 0.1) is 0 Å². The molecule has 0 saturated heterocycles. The van der Waals surface area contributed by atoms with Gasteiger partial charge < -0.3 is 15.2 Å². The Labute approximate surface area is 122 Å². The maximum Gasteiger partial charge on any atom is 0.340 e. The molecule has 0 aliphatic rings. The van der Waals surface area contributed by atoms with Crippen LogP contribution in [-0.2, 0) is 14.3 Å². The number of carbonyl (C=O) groups is 3. The van der Waals surface area contributed by atoms with Crippen molar-refractivity contribution in [3.8, 4) is 0 Å². The molecular formula is C14H18N2O5. The number of esters is 1. The second kappa shape index (κ2) is 8.01. The highest BCUT2D eigenvalue weighted by Gasteiger charge is 2.20. The lowest BCUT2D eigenvalue weighted by Gasteiger charge is -2.11. The number of amides is 3. The molecule has 1 atom stereocenters. The molecule has 7 heteroatoms. The molecule has 3 amide bonds. The summed E-state index contributed by atoms with van der Waals surface area (Å²) in [5.74, 6) is -1.73. The third kappa shape index (κ3) is 6.05. The number of rotatable bonds is 5. The van der Waals surface area contributed by atoms with Gasteiger partial charge in [0.1, 0.15) is 0 Å². The summed E-state index contributed by atoms with van der Waals surface area (Å²) >= 11 is 0. The number of aliphatic hydroxyl groups is 1. The first-order valence-electron chi connectivity index (χ1n) is 6.40. The van der Waals surface area contributed by atoms with E-state index in [2.05, 4.69) is 10.1 Å². The van der Waals surface area contributed by atoms with Crippen molar-refractivity contribution in [3.05, 3.63) is 35.9 Å². The Bertz CT molecular complexity index is 501. The molecule has 0 unspecified atom stereocenters. The van der Waals surface area contributed by atoms with Crippen molar-refractivity contribution in [3.63, 3.8) is 0 Å². The van der Waals surface area contributed by atoms with Gasteiger partial charge in [0.15, 0.2) is 12.7 Å². The summed E-state index contributed by atoms with van der Waals surface area (Å²) in [6.45, 7) is 2.83. The standard InChI is InChI=1S/C14H18N2O5/c1-9(2)15-14(20)16-11(17)8-21-13(19)12(18)10-6-4-3-5-7-10/h3-7,9,12,18H,8H2,1-2H3,(H2,15,16,17,20)/t12-/m0/s1. The number of carbonyl (C=O) groups excluding carboxylic acids is 3. The first-order valence-corrected chi connectivity index (χ1v) is 6.40. The molecule has 3 N–H and O–H groups in total. The van der Waals surface area contributed by atoms with Crippen LogP contribution in [0.2, 0.25) is 0 Å². The van der Waals surface area contributed by atoms with Crippen molar-refractivity contribution >= 4 is 17.9 Å². The molecule has 7 nitrogen and oxygen atoms in total. The molecule has 0 aliphatic heterocycles. The maximum atomic E-state index is 11.6. The summed E-state index contributed by atoms with van der Waals surface area (Å²) in [5.41, 5.74) is 0.362. The predicted octanol–water partition coefficient (Wildman–Crippen LogP) is 0.497. The summed E-state index contributed by atoms with van der Waals surface area (Å²) < 4.78 is 4.64. The van der Waals surface area contributed by atoms with E-state index in [0.717, 1.165) is 0 Å². The fourth-order valence-electron chi connectivity index (χ4n) is 1.45. The van der Waals surface area contributed by atoms with E-state index in [0.29, 0.717) is 5.56 Å². The minimum Gasteiger partial charge on any atom is -0.453 e. The highest BCUT2D eigenvalue weighted by Crippen LogP contribution is 2.13. The normalized spacial score (nSPS) is 11.6. The Morgan fingerprint density at radius 2 is 1.81 bits per heavy atom. The Hall–Kier alpha value is -2.41. The zero-order chi connectivity index (χ0) is 15.8. The minimum absolute atomic E-state index is 0.125. The van der Waals surface area contributed by atoms with Crippen molar-refractivity contribution in [2.24, 2.45) is 0 Å². The van der Waals surface area contributed by atoms with E-state index in [1.165, 1.54) is 0 Å². The van der Waals surface area contributed by atoms with E-state index in [9.17, 15) is 19.5 Å². The van der Waals surface area contributed by atoms with Crippen LogP contribution in [0.3, 0.4) is 0 Å². The average Bonchev–Trinajstić information content (AvgIpc) is 2.43. The molecule has 0 saturated carbocycles. The molecule has 0 spiro atoms. The summed E-state index contributed by atoms with van der Waals surface area (Å²) in [4.78, 5) is 34.2. The summed E-state index contributed by atoms with van der Waals surface area (Å²) in [6.07, 6.45) is -1.47. The highest BCUT2D eigenvalue weighted by molar-refractivity contribution is 5.95. The van der Waals surface area contributed by atoms with Crippen molar-refractivity contribution in [1.29, 1.82) is 0 Å². The Morgan fingerprint density at radius 1 is 1.19 bits per heavy atom. The van der Waals surface area contributed by atoms with Gasteiger partial charge in [0.2, 0.25) is 0 Å². The van der Waals surface area contributed by atoms with Gasteiger partial charge in [-0.05, 0) is 19.4 Å². The van der Waals surface area contributed by atoms with Gasteiger partial charge in [-0.2, -0.15) is 0 Å². The first kappa shape index (κ1) is 16.6. The van der Waals surface area contributed by atoms with E-state index in [1.807, 2.05) is 5.32 Å². The summed E-state index contributed by atoms with van der Waals surface area (Å²) in [5, 5.41) is 14.2. The van der Waals surface area contributed by atoms with Crippen LogP contribution in [-0.4, -0.2) is 35.7 Å². The van der Waals surface area contributed by atoms with Gasteiger partial charge in [-0.1, -0.05) is 30.3 Å². The number of urea groups is 1. The van der Waals surface area contributed by atoms with Crippen LogP contribution in [0.1, 0.15) is 25.5 Å². The van der Waals surface area contributed by atoms with Gasteiger partial charge in [0, 0.05) is 6.04 Å². The molecule has 0 aliphatic carbocycles. The number of hydrogen-bond acceptors (Lipinski definition) is 5. The molecule has 0 fully saturated rings. The number of imide groups is 1. The predicted molar refractivity (Wildman–Crippen MR) is 74.2 cm³/mol. The van der Waals surface area contributed by atoms with Crippen LogP contribution in [0.5, 0.6) is 0 Å². The highest BCUT2D eigenvalue weighted by atomic mass is 16.5. The number of nitrogens with one attached hydrogen (secondary N) is 2. The van der Waals surface area contributed by atoms with E-state index in [1.54, 1.807) is 44.2 Å². The zero-order valence-electron chi connectivity index (χ0n) is 11.8. The molecule has 0 heterocycles. The molecule has 0 radical (unpaired) electrons. The van der Waals surface area contributed by atoms with Crippen molar-refractivity contribution < 1.29 is 24.2 Å². The maximum absolute atomic E-state index is 11.6. The molecular weight excluding hydrogens is 276 g/mol. The quantitative estimate of drug-likeness (QED) is 0.686. The van der Waals surface area contributed by atoms with Crippen LogP contribution in [0.15, 0.2) is 30.3 Å². The molecule has 0 bridgehead atoms. The van der Waals surface area contributed by atoms with E-state index in [-0.39, 0.29) is 6.04 Å². The Balaban J connectivity index is 2.39. The average molecular weight is 294 g/mol. The van der Waals surface area contributed by atoms with Crippen LogP contribution >= 0.6 is 0 Å². The third-order valence-corrected chi connectivity index (χ3v) is 2.36. The van der Waals surface area contributed by atoms with E-state index >= 15 is 0 Å². The van der Waals surface area contributed by atoms with Crippen LogP contribution in [0.25, 0.3) is 0 Å². The topological polar surface area (TPSA) is 105 Å². The third-order valence-electron chi connectivity index (χ3n) is 2.36. The summed E-state index contributed by atoms with van der Waals surface area (Å²) in [7, 11) is 0. The molecule has 1 aromatic carbocycles. The lowest BCUT2D eigenvalue weighted by atomic mass is 10.1. The second-order valence-electron chi connectivity index (χ2n) is 4.60. The first-order chi connectivity index (χ1) is 9.90. The number of aliphatic hydroxyl groups excluding tert-OH is 1. The smallest absolute Gasteiger partial charge is 0.340 e. The van der Waals surface area contributed by atoms with Crippen molar-refractivity contribution in [2.45, 2.75) is 26.0 Å². The van der Waals surface area contributed by atoms with Crippen molar-refractivity contribution in [2.75, 3.05) is 6.61 Å². The molecule has 114 valence electrons.